The van der Waals surface area contributed by atoms with Crippen molar-refractivity contribution in [1.82, 2.24) is 25.2 Å². The van der Waals surface area contributed by atoms with Gasteiger partial charge in [0.25, 0.3) is 11.8 Å². The quantitative estimate of drug-likeness (QED) is 0.279. The van der Waals surface area contributed by atoms with E-state index in [4.69, 9.17) is 9.47 Å². The standard InChI is InChI=1S/C25H30N6O7/c1-6-26-22(33)17-9-8-14(3)19(10-17)31(25(36)38-13-37-24(35)16(5)32)21-20-15(4)18(23(34)27-7-2)11-30(20)29-12-28-21/h8-12,16,32H,6-7,13H2,1-5H3,(H,26,33)(H,27,34). The molecule has 0 aliphatic rings. The largest absolute Gasteiger partial charge is 0.426 e. The molecule has 0 saturated heterocycles. The molecule has 13 heteroatoms. The zero-order chi connectivity index (χ0) is 28.0. The van der Waals surface area contributed by atoms with Crippen LogP contribution in [-0.2, 0) is 14.3 Å². The second-order valence-electron chi connectivity index (χ2n) is 8.27. The lowest BCUT2D eigenvalue weighted by molar-refractivity contribution is -0.160. The van der Waals surface area contributed by atoms with E-state index >= 15 is 0 Å². The molecule has 3 N–H and O–H groups in total. The number of rotatable bonds is 9. The van der Waals surface area contributed by atoms with Crippen molar-refractivity contribution >= 4 is 40.9 Å². The molecule has 0 saturated carbocycles. The molecule has 2 heterocycles. The third-order valence-corrected chi connectivity index (χ3v) is 5.56. The number of aliphatic hydroxyl groups is 1. The fourth-order valence-electron chi connectivity index (χ4n) is 3.67. The molecule has 2 aromatic heterocycles. The maximum absolute atomic E-state index is 13.5. The first-order chi connectivity index (χ1) is 18.1. The van der Waals surface area contributed by atoms with Crippen LogP contribution in [-0.4, -0.2) is 69.6 Å². The Hall–Kier alpha value is -4.52. The van der Waals surface area contributed by atoms with Crippen molar-refractivity contribution in [1.29, 1.82) is 0 Å². The number of carbonyl (C=O) groups excluding carboxylic acids is 4. The summed E-state index contributed by atoms with van der Waals surface area (Å²) in [5, 5.41) is 19.0. The number of aromatic nitrogens is 3. The van der Waals surface area contributed by atoms with E-state index in [1.807, 2.05) is 0 Å². The lowest BCUT2D eigenvalue weighted by atomic mass is 10.1. The first-order valence-corrected chi connectivity index (χ1v) is 11.9. The first kappa shape index (κ1) is 28.1. The monoisotopic (exact) mass is 526 g/mol. The van der Waals surface area contributed by atoms with Crippen molar-refractivity contribution in [2.75, 3.05) is 24.8 Å². The Labute approximate surface area is 218 Å². The molecule has 0 radical (unpaired) electrons. The fraction of sp³-hybridized carbons (Fsp3) is 0.360. The van der Waals surface area contributed by atoms with E-state index in [2.05, 4.69) is 20.7 Å². The van der Waals surface area contributed by atoms with E-state index in [0.717, 1.165) is 4.90 Å². The van der Waals surface area contributed by atoms with Crippen LogP contribution >= 0.6 is 0 Å². The Kier molecular flexibility index (Phi) is 8.97. The summed E-state index contributed by atoms with van der Waals surface area (Å²) in [5.74, 6) is -1.58. The van der Waals surface area contributed by atoms with Gasteiger partial charge in [0.05, 0.1) is 11.3 Å². The number of fused-ring (bicyclic) bond motifs is 1. The highest BCUT2D eigenvalue weighted by molar-refractivity contribution is 6.04. The van der Waals surface area contributed by atoms with Crippen molar-refractivity contribution in [3.05, 3.63) is 53.0 Å². The van der Waals surface area contributed by atoms with Gasteiger partial charge in [-0.3, -0.25) is 9.59 Å². The van der Waals surface area contributed by atoms with Gasteiger partial charge in [0.1, 0.15) is 17.9 Å². The van der Waals surface area contributed by atoms with E-state index in [0.29, 0.717) is 35.3 Å². The minimum absolute atomic E-state index is 0.0658. The third kappa shape index (κ3) is 5.89. The maximum atomic E-state index is 13.5. The van der Waals surface area contributed by atoms with Gasteiger partial charge in [0.2, 0.25) is 6.79 Å². The molecule has 13 nitrogen and oxygen atoms in total. The Bertz CT molecular complexity index is 1370. The summed E-state index contributed by atoms with van der Waals surface area (Å²) in [6.45, 7) is 8.25. The van der Waals surface area contributed by atoms with Gasteiger partial charge in [-0.05, 0) is 57.9 Å². The van der Waals surface area contributed by atoms with Crippen LogP contribution in [0, 0.1) is 13.8 Å². The van der Waals surface area contributed by atoms with Gasteiger partial charge in [-0.2, -0.15) is 5.10 Å². The SMILES string of the molecule is CCNC(=O)c1ccc(C)c(N(C(=O)OCOC(=O)C(C)O)c2ncnn3cc(C(=O)NCC)c(C)c23)c1. The average Bonchev–Trinajstić information content (AvgIpc) is 3.22. The third-order valence-electron chi connectivity index (χ3n) is 5.56. The van der Waals surface area contributed by atoms with E-state index in [9.17, 15) is 24.3 Å². The van der Waals surface area contributed by atoms with Crippen molar-refractivity contribution in [3.63, 3.8) is 0 Å². The normalized spacial score (nSPS) is 11.5. The molecule has 0 spiro atoms. The van der Waals surface area contributed by atoms with Crippen molar-refractivity contribution < 1.29 is 33.8 Å². The molecule has 0 bridgehead atoms. The molecule has 38 heavy (non-hydrogen) atoms. The van der Waals surface area contributed by atoms with E-state index in [1.165, 1.54) is 30.0 Å². The molecular formula is C25H30N6O7. The van der Waals surface area contributed by atoms with Gasteiger partial charge in [-0.25, -0.2) is 24.0 Å². The number of hydrogen-bond acceptors (Lipinski definition) is 9. The van der Waals surface area contributed by atoms with Crippen LogP contribution < -0.4 is 15.5 Å². The molecule has 202 valence electrons. The molecule has 1 aromatic carbocycles. The molecule has 3 aromatic rings. The summed E-state index contributed by atoms with van der Waals surface area (Å²) in [6, 6.07) is 4.78. The van der Waals surface area contributed by atoms with Gasteiger partial charge in [0.15, 0.2) is 5.82 Å². The predicted octanol–water partition coefficient (Wildman–Crippen LogP) is 2.00. The maximum Gasteiger partial charge on any atom is 0.423 e. The Morgan fingerprint density at radius 2 is 1.76 bits per heavy atom. The van der Waals surface area contributed by atoms with Crippen LogP contribution in [0.2, 0.25) is 0 Å². The van der Waals surface area contributed by atoms with Crippen LogP contribution in [0.4, 0.5) is 16.3 Å². The second kappa shape index (κ2) is 12.1. The highest BCUT2D eigenvalue weighted by Gasteiger charge is 2.29. The van der Waals surface area contributed by atoms with Gasteiger partial charge in [0, 0.05) is 24.8 Å². The minimum atomic E-state index is -1.40. The van der Waals surface area contributed by atoms with E-state index < -0.39 is 25.0 Å². The molecule has 3 rings (SSSR count). The number of anilines is 2. The predicted molar refractivity (Wildman–Crippen MR) is 136 cm³/mol. The number of aryl methyl sites for hydroxylation is 2. The van der Waals surface area contributed by atoms with E-state index in [1.54, 1.807) is 39.8 Å². The molecule has 1 unspecified atom stereocenters. The number of esters is 1. The smallest absolute Gasteiger partial charge is 0.423 e. The molecule has 0 aliphatic heterocycles. The second-order valence-corrected chi connectivity index (χ2v) is 8.27. The summed E-state index contributed by atoms with van der Waals surface area (Å²) in [7, 11) is 0. The van der Waals surface area contributed by atoms with Crippen LogP contribution in [0.5, 0.6) is 0 Å². The summed E-state index contributed by atoms with van der Waals surface area (Å²) in [4.78, 5) is 55.7. The minimum Gasteiger partial charge on any atom is -0.426 e. The number of nitrogens with one attached hydrogen (secondary N) is 2. The Balaban J connectivity index is 2.16. The van der Waals surface area contributed by atoms with Crippen molar-refractivity contribution in [3.8, 4) is 0 Å². The van der Waals surface area contributed by atoms with Gasteiger partial charge in [-0.1, -0.05) is 6.07 Å². The van der Waals surface area contributed by atoms with Gasteiger partial charge < -0.3 is 25.2 Å². The zero-order valence-corrected chi connectivity index (χ0v) is 21.8. The number of hydrogen-bond donors (Lipinski definition) is 3. The topological polar surface area (TPSA) is 164 Å². The van der Waals surface area contributed by atoms with E-state index in [-0.39, 0.29) is 28.9 Å². The van der Waals surface area contributed by atoms with Crippen LogP contribution in [0.25, 0.3) is 5.52 Å². The number of carbonyl (C=O) groups is 4. The molecular weight excluding hydrogens is 496 g/mol. The summed E-state index contributed by atoms with van der Waals surface area (Å²) in [5.41, 5.74) is 2.32. The molecule has 1 atom stereocenters. The number of ether oxygens (including phenoxy) is 2. The van der Waals surface area contributed by atoms with Gasteiger partial charge in [-0.15, -0.1) is 0 Å². The highest BCUT2D eigenvalue weighted by atomic mass is 16.7. The number of nitrogens with zero attached hydrogens (tertiary/aromatic N) is 4. The summed E-state index contributed by atoms with van der Waals surface area (Å²) >= 11 is 0. The lowest BCUT2D eigenvalue weighted by Gasteiger charge is -2.24. The van der Waals surface area contributed by atoms with Gasteiger partial charge >= 0.3 is 12.1 Å². The summed E-state index contributed by atoms with van der Waals surface area (Å²) in [6.07, 6.45) is 0.339. The average molecular weight is 527 g/mol. The number of aliphatic hydroxyl groups excluding tert-OH is 1. The highest BCUT2D eigenvalue weighted by Crippen LogP contribution is 2.34. The number of benzene rings is 1. The number of amides is 3. The first-order valence-electron chi connectivity index (χ1n) is 11.9. The zero-order valence-electron chi connectivity index (χ0n) is 21.8. The van der Waals surface area contributed by atoms with Crippen molar-refractivity contribution in [2.45, 2.75) is 40.7 Å². The Morgan fingerprint density at radius 1 is 1.08 bits per heavy atom. The fourth-order valence-corrected chi connectivity index (χ4v) is 3.67. The molecule has 0 aliphatic carbocycles. The molecule has 0 fully saturated rings. The lowest BCUT2D eigenvalue weighted by Crippen LogP contribution is -2.31. The molecule has 3 amide bonds. The van der Waals surface area contributed by atoms with Crippen LogP contribution in [0.3, 0.4) is 0 Å². The summed E-state index contributed by atoms with van der Waals surface area (Å²) < 4.78 is 11.4. The van der Waals surface area contributed by atoms with Crippen LogP contribution in [0.15, 0.2) is 30.7 Å². The van der Waals surface area contributed by atoms with Crippen molar-refractivity contribution in [2.24, 2.45) is 0 Å². The van der Waals surface area contributed by atoms with Crippen LogP contribution in [0.1, 0.15) is 52.6 Å². The Morgan fingerprint density at radius 3 is 2.42 bits per heavy atom.